The standard InChI is InChI=1S/C12H23NO2/c14-12-5-3-11(4-6-12)13-8-10-2-1-7-15-9-10/h10-14H,1-9H2. The molecule has 0 amide bonds. The molecule has 0 aromatic carbocycles. The van der Waals surface area contributed by atoms with E-state index in [1.165, 1.54) is 12.8 Å². The molecule has 0 spiro atoms. The van der Waals surface area contributed by atoms with Crippen LogP contribution in [-0.4, -0.2) is 37.0 Å². The average Bonchev–Trinajstić information content (AvgIpc) is 2.30. The molecule has 0 aromatic heterocycles. The van der Waals surface area contributed by atoms with Gasteiger partial charge in [-0.25, -0.2) is 0 Å². The van der Waals surface area contributed by atoms with Gasteiger partial charge in [-0.1, -0.05) is 0 Å². The predicted molar refractivity (Wildman–Crippen MR) is 59.8 cm³/mol. The second kappa shape index (κ2) is 5.83. The van der Waals surface area contributed by atoms with Gasteiger partial charge in [0.1, 0.15) is 0 Å². The van der Waals surface area contributed by atoms with E-state index in [0.717, 1.165) is 45.4 Å². The van der Waals surface area contributed by atoms with E-state index >= 15 is 0 Å². The Kier molecular flexibility index (Phi) is 4.42. The minimum Gasteiger partial charge on any atom is -0.393 e. The van der Waals surface area contributed by atoms with Crippen LogP contribution in [0.15, 0.2) is 0 Å². The zero-order valence-electron chi connectivity index (χ0n) is 9.45. The molecule has 1 saturated heterocycles. The maximum Gasteiger partial charge on any atom is 0.0541 e. The van der Waals surface area contributed by atoms with Crippen LogP contribution in [0.1, 0.15) is 38.5 Å². The summed E-state index contributed by atoms with van der Waals surface area (Å²) >= 11 is 0. The SMILES string of the molecule is OC1CCC(NCC2CCCOC2)CC1. The molecule has 0 aromatic rings. The minimum absolute atomic E-state index is 0.0407. The molecular weight excluding hydrogens is 190 g/mol. The van der Waals surface area contributed by atoms with E-state index in [1.54, 1.807) is 0 Å². The highest BCUT2D eigenvalue weighted by Crippen LogP contribution is 2.19. The van der Waals surface area contributed by atoms with Gasteiger partial charge in [-0.15, -0.1) is 0 Å². The number of aliphatic hydroxyl groups excluding tert-OH is 1. The summed E-state index contributed by atoms with van der Waals surface area (Å²) < 4.78 is 5.46. The van der Waals surface area contributed by atoms with E-state index in [-0.39, 0.29) is 6.10 Å². The molecule has 0 radical (unpaired) electrons. The van der Waals surface area contributed by atoms with Gasteiger partial charge in [0.05, 0.1) is 12.7 Å². The molecule has 3 nitrogen and oxygen atoms in total. The quantitative estimate of drug-likeness (QED) is 0.742. The number of rotatable bonds is 3. The van der Waals surface area contributed by atoms with Crippen LogP contribution in [-0.2, 0) is 4.74 Å². The molecule has 3 heteroatoms. The first-order valence-corrected chi connectivity index (χ1v) is 6.34. The Bertz CT molecular complexity index is 172. The van der Waals surface area contributed by atoms with E-state index in [0.29, 0.717) is 12.0 Å². The lowest BCUT2D eigenvalue weighted by atomic mass is 9.92. The van der Waals surface area contributed by atoms with Crippen molar-refractivity contribution in [1.82, 2.24) is 5.32 Å². The summed E-state index contributed by atoms with van der Waals surface area (Å²) in [5, 5.41) is 13.0. The molecule has 1 aliphatic heterocycles. The molecule has 1 atom stereocenters. The number of nitrogens with one attached hydrogen (secondary N) is 1. The third-order valence-electron chi connectivity index (χ3n) is 3.65. The normalized spacial score (nSPS) is 37.8. The third kappa shape index (κ3) is 3.74. The lowest BCUT2D eigenvalue weighted by molar-refractivity contribution is 0.0515. The molecule has 88 valence electrons. The Hall–Kier alpha value is -0.120. The van der Waals surface area contributed by atoms with Crippen molar-refractivity contribution in [3.05, 3.63) is 0 Å². The number of ether oxygens (including phenoxy) is 1. The van der Waals surface area contributed by atoms with Crippen LogP contribution in [0, 0.1) is 5.92 Å². The molecule has 1 unspecified atom stereocenters. The number of hydrogen-bond acceptors (Lipinski definition) is 3. The van der Waals surface area contributed by atoms with Crippen molar-refractivity contribution >= 4 is 0 Å². The monoisotopic (exact) mass is 213 g/mol. The second-order valence-corrected chi connectivity index (χ2v) is 5.00. The lowest BCUT2D eigenvalue weighted by Crippen LogP contribution is -2.39. The van der Waals surface area contributed by atoms with E-state index in [2.05, 4.69) is 5.32 Å². The second-order valence-electron chi connectivity index (χ2n) is 5.00. The molecule has 0 bridgehead atoms. The molecule has 1 saturated carbocycles. The first kappa shape index (κ1) is 11.4. The van der Waals surface area contributed by atoms with E-state index in [9.17, 15) is 5.11 Å². The molecule has 2 aliphatic rings. The molecule has 2 rings (SSSR count). The maximum atomic E-state index is 9.40. The van der Waals surface area contributed by atoms with Crippen LogP contribution < -0.4 is 5.32 Å². The van der Waals surface area contributed by atoms with Gasteiger partial charge in [-0.3, -0.25) is 0 Å². The van der Waals surface area contributed by atoms with Crippen LogP contribution in [0.5, 0.6) is 0 Å². The molecule has 2 N–H and O–H groups in total. The fourth-order valence-electron chi connectivity index (χ4n) is 2.58. The van der Waals surface area contributed by atoms with Gasteiger partial charge in [-0.05, 0) is 44.4 Å². The molecule has 1 aliphatic carbocycles. The fourth-order valence-corrected chi connectivity index (χ4v) is 2.58. The van der Waals surface area contributed by atoms with Crippen molar-refractivity contribution in [2.45, 2.75) is 50.7 Å². The largest absolute Gasteiger partial charge is 0.393 e. The van der Waals surface area contributed by atoms with Crippen LogP contribution in [0.2, 0.25) is 0 Å². The van der Waals surface area contributed by atoms with E-state index in [1.807, 2.05) is 0 Å². The van der Waals surface area contributed by atoms with Crippen molar-refractivity contribution in [3.8, 4) is 0 Å². The van der Waals surface area contributed by atoms with Crippen molar-refractivity contribution in [2.24, 2.45) is 5.92 Å². The fraction of sp³-hybridized carbons (Fsp3) is 1.00. The molecular formula is C12H23NO2. The van der Waals surface area contributed by atoms with Crippen molar-refractivity contribution in [1.29, 1.82) is 0 Å². The summed E-state index contributed by atoms with van der Waals surface area (Å²) in [6.07, 6.45) is 6.69. The summed E-state index contributed by atoms with van der Waals surface area (Å²) in [4.78, 5) is 0. The van der Waals surface area contributed by atoms with Gasteiger partial charge in [0, 0.05) is 19.2 Å². The first-order valence-electron chi connectivity index (χ1n) is 6.34. The maximum absolute atomic E-state index is 9.40. The van der Waals surface area contributed by atoms with Crippen LogP contribution >= 0.6 is 0 Å². The van der Waals surface area contributed by atoms with Gasteiger partial charge in [0.15, 0.2) is 0 Å². The van der Waals surface area contributed by atoms with Gasteiger partial charge in [0.2, 0.25) is 0 Å². The van der Waals surface area contributed by atoms with Crippen LogP contribution in [0.4, 0.5) is 0 Å². The molecule has 15 heavy (non-hydrogen) atoms. The minimum atomic E-state index is -0.0407. The third-order valence-corrected chi connectivity index (χ3v) is 3.65. The Morgan fingerprint density at radius 2 is 1.93 bits per heavy atom. The highest BCUT2D eigenvalue weighted by atomic mass is 16.5. The Labute approximate surface area is 92.2 Å². The lowest BCUT2D eigenvalue weighted by Gasteiger charge is -2.29. The molecule has 2 fully saturated rings. The highest BCUT2D eigenvalue weighted by Gasteiger charge is 2.20. The number of aliphatic hydroxyl groups is 1. The summed E-state index contributed by atoms with van der Waals surface area (Å²) in [6, 6.07) is 0.635. The number of hydrogen-bond donors (Lipinski definition) is 2. The smallest absolute Gasteiger partial charge is 0.0541 e. The first-order chi connectivity index (χ1) is 7.34. The average molecular weight is 213 g/mol. The van der Waals surface area contributed by atoms with Crippen molar-refractivity contribution < 1.29 is 9.84 Å². The topological polar surface area (TPSA) is 41.5 Å². The Balaban J connectivity index is 1.60. The van der Waals surface area contributed by atoms with Gasteiger partial charge in [0.25, 0.3) is 0 Å². The van der Waals surface area contributed by atoms with E-state index < -0.39 is 0 Å². The van der Waals surface area contributed by atoms with Gasteiger partial charge in [-0.2, -0.15) is 0 Å². The van der Waals surface area contributed by atoms with Crippen LogP contribution in [0.3, 0.4) is 0 Å². The summed E-state index contributed by atoms with van der Waals surface area (Å²) in [5.74, 6) is 0.714. The van der Waals surface area contributed by atoms with Crippen LogP contribution in [0.25, 0.3) is 0 Å². The van der Waals surface area contributed by atoms with E-state index in [4.69, 9.17) is 4.74 Å². The molecule has 1 heterocycles. The zero-order valence-corrected chi connectivity index (χ0v) is 9.45. The Morgan fingerprint density at radius 1 is 1.13 bits per heavy atom. The summed E-state index contributed by atoms with van der Waals surface area (Å²) in [7, 11) is 0. The van der Waals surface area contributed by atoms with Crippen molar-refractivity contribution in [3.63, 3.8) is 0 Å². The predicted octanol–water partition coefficient (Wildman–Crippen LogP) is 1.31. The van der Waals surface area contributed by atoms with Gasteiger partial charge >= 0.3 is 0 Å². The summed E-state index contributed by atoms with van der Waals surface area (Å²) in [6.45, 7) is 2.98. The van der Waals surface area contributed by atoms with Crippen molar-refractivity contribution in [2.75, 3.05) is 19.8 Å². The Morgan fingerprint density at radius 3 is 2.60 bits per heavy atom. The van der Waals surface area contributed by atoms with Gasteiger partial charge < -0.3 is 15.2 Å². The highest BCUT2D eigenvalue weighted by molar-refractivity contribution is 4.78. The zero-order chi connectivity index (χ0) is 10.5. The summed E-state index contributed by atoms with van der Waals surface area (Å²) in [5.41, 5.74) is 0.